The molecule has 1 fully saturated rings. The lowest BCUT2D eigenvalue weighted by Gasteiger charge is -2.16. The average molecular weight is 239 g/mol. The van der Waals surface area contributed by atoms with Gasteiger partial charge in [0.1, 0.15) is 0 Å². The van der Waals surface area contributed by atoms with Crippen molar-refractivity contribution < 1.29 is 19.1 Å². The van der Waals surface area contributed by atoms with Crippen LogP contribution in [-0.2, 0) is 14.3 Å². The molecule has 0 aromatic carbocycles. The Morgan fingerprint density at radius 3 is 2.65 bits per heavy atom. The van der Waals surface area contributed by atoms with Crippen LogP contribution in [0.4, 0.5) is 4.79 Å². The number of cyclic esters (lactones) is 2. The second-order valence-electron chi connectivity index (χ2n) is 4.32. The van der Waals surface area contributed by atoms with E-state index in [1.807, 2.05) is 6.92 Å². The van der Waals surface area contributed by atoms with E-state index >= 15 is 0 Å². The van der Waals surface area contributed by atoms with E-state index in [1.165, 1.54) is 6.08 Å². The fourth-order valence-corrected chi connectivity index (χ4v) is 1.64. The molecule has 1 rings (SSSR count). The summed E-state index contributed by atoms with van der Waals surface area (Å²) in [5.74, 6) is 0.303. The van der Waals surface area contributed by atoms with Gasteiger partial charge in [-0.15, -0.1) is 0 Å². The molecule has 1 saturated heterocycles. The zero-order valence-corrected chi connectivity index (χ0v) is 10.3. The maximum Gasteiger partial charge on any atom is 0.514 e. The number of rotatable bonds is 4. The lowest BCUT2D eigenvalue weighted by molar-refractivity contribution is -0.116. The first-order chi connectivity index (χ1) is 7.86. The summed E-state index contributed by atoms with van der Waals surface area (Å²) in [5, 5.41) is 2.65. The first kappa shape index (κ1) is 13.3. The zero-order valence-electron chi connectivity index (χ0n) is 10.3. The molecule has 1 amide bonds. The maximum atomic E-state index is 11.0. The van der Waals surface area contributed by atoms with Gasteiger partial charge in [0.2, 0.25) is 5.91 Å². The highest BCUT2D eigenvalue weighted by atomic mass is 16.8. The Morgan fingerprint density at radius 2 is 2.18 bits per heavy atom. The third kappa shape index (κ3) is 3.34. The van der Waals surface area contributed by atoms with E-state index in [1.54, 1.807) is 13.8 Å². The Kier molecular flexibility index (Phi) is 3.93. The summed E-state index contributed by atoms with van der Waals surface area (Å²) in [4.78, 5) is 22.0. The molecule has 0 atom stereocenters. The number of hydrogen-bond donors (Lipinski definition) is 1. The van der Waals surface area contributed by atoms with Crippen molar-refractivity contribution in [3.8, 4) is 0 Å². The second-order valence-corrected chi connectivity index (χ2v) is 4.32. The van der Waals surface area contributed by atoms with Crippen LogP contribution in [0.5, 0.6) is 0 Å². The summed E-state index contributed by atoms with van der Waals surface area (Å²) < 4.78 is 10.0. The van der Waals surface area contributed by atoms with Crippen molar-refractivity contribution in [2.75, 3.05) is 6.54 Å². The van der Waals surface area contributed by atoms with Crippen molar-refractivity contribution in [2.45, 2.75) is 32.8 Å². The van der Waals surface area contributed by atoms with Crippen LogP contribution in [0.2, 0.25) is 0 Å². The standard InChI is InChI=1S/C12H17NO4/c1-5-9(14)13-7-6-8(2)10-12(3,4)17-11(15)16-10/h5H,1,6-7H2,2-4H3,(H,13,14). The molecule has 1 N–H and O–H groups in total. The molecule has 0 unspecified atom stereocenters. The number of hydrogen-bond acceptors (Lipinski definition) is 4. The van der Waals surface area contributed by atoms with Gasteiger partial charge in [0.25, 0.3) is 0 Å². The fraction of sp³-hybridized carbons (Fsp3) is 0.500. The number of carbonyl (C=O) groups excluding carboxylic acids is 2. The number of amides is 1. The predicted molar refractivity (Wildman–Crippen MR) is 62.2 cm³/mol. The van der Waals surface area contributed by atoms with E-state index in [0.717, 1.165) is 5.57 Å². The minimum atomic E-state index is -0.733. The van der Waals surface area contributed by atoms with Crippen LogP contribution in [0.25, 0.3) is 0 Å². The Hall–Kier alpha value is -1.78. The predicted octanol–water partition coefficient (Wildman–Crippen LogP) is 1.90. The van der Waals surface area contributed by atoms with E-state index in [2.05, 4.69) is 11.9 Å². The molecule has 0 aromatic rings. The highest BCUT2D eigenvalue weighted by Gasteiger charge is 2.40. The van der Waals surface area contributed by atoms with Gasteiger partial charge in [-0.1, -0.05) is 6.58 Å². The normalized spacial score (nSPS) is 20.3. The summed E-state index contributed by atoms with van der Waals surface area (Å²) in [7, 11) is 0. The van der Waals surface area contributed by atoms with Crippen molar-refractivity contribution >= 4 is 12.1 Å². The van der Waals surface area contributed by atoms with Crippen LogP contribution in [-0.4, -0.2) is 24.2 Å². The molecule has 5 nitrogen and oxygen atoms in total. The molecular formula is C12H17NO4. The van der Waals surface area contributed by atoms with E-state index in [9.17, 15) is 9.59 Å². The van der Waals surface area contributed by atoms with Crippen LogP contribution in [0.1, 0.15) is 27.2 Å². The lowest BCUT2D eigenvalue weighted by atomic mass is 10.0. The summed E-state index contributed by atoms with van der Waals surface area (Å²) in [5.41, 5.74) is 0.147. The first-order valence-electron chi connectivity index (χ1n) is 5.38. The van der Waals surface area contributed by atoms with Gasteiger partial charge in [-0.2, -0.15) is 0 Å². The van der Waals surface area contributed by atoms with E-state index in [4.69, 9.17) is 9.47 Å². The van der Waals surface area contributed by atoms with E-state index in [0.29, 0.717) is 18.7 Å². The SMILES string of the molecule is C=CC(=O)NCCC(C)=C1OC(=O)OC1(C)C. The lowest BCUT2D eigenvalue weighted by Crippen LogP contribution is -2.24. The molecule has 5 heteroatoms. The summed E-state index contributed by atoms with van der Waals surface area (Å²) >= 11 is 0. The number of ether oxygens (including phenoxy) is 2. The quantitative estimate of drug-likeness (QED) is 0.601. The summed E-state index contributed by atoms with van der Waals surface area (Å²) in [6.45, 7) is 9.19. The van der Waals surface area contributed by atoms with Crippen LogP contribution in [0.15, 0.2) is 24.0 Å². The van der Waals surface area contributed by atoms with Crippen molar-refractivity contribution in [2.24, 2.45) is 0 Å². The van der Waals surface area contributed by atoms with Gasteiger partial charge in [-0.3, -0.25) is 4.79 Å². The van der Waals surface area contributed by atoms with Gasteiger partial charge in [-0.25, -0.2) is 4.79 Å². The molecule has 0 aliphatic carbocycles. The van der Waals surface area contributed by atoms with Gasteiger partial charge in [0, 0.05) is 6.54 Å². The fourth-order valence-electron chi connectivity index (χ4n) is 1.64. The minimum Gasteiger partial charge on any atom is -0.420 e. The van der Waals surface area contributed by atoms with Gasteiger partial charge in [0.05, 0.1) is 0 Å². The van der Waals surface area contributed by atoms with Gasteiger partial charge in [0.15, 0.2) is 11.4 Å². The zero-order chi connectivity index (χ0) is 13.1. The third-order valence-corrected chi connectivity index (χ3v) is 2.44. The van der Waals surface area contributed by atoms with Crippen LogP contribution < -0.4 is 5.32 Å². The highest BCUT2D eigenvalue weighted by Crippen LogP contribution is 2.32. The largest absolute Gasteiger partial charge is 0.514 e. The van der Waals surface area contributed by atoms with Gasteiger partial charge >= 0.3 is 6.16 Å². The second kappa shape index (κ2) is 5.03. The summed E-state index contributed by atoms with van der Waals surface area (Å²) in [6.07, 6.45) is 1.12. The van der Waals surface area contributed by atoms with Gasteiger partial charge < -0.3 is 14.8 Å². The van der Waals surface area contributed by atoms with Crippen molar-refractivity contribution in [3.63, 3.8) is 0 Å². The van der Waals surface area contributed by atoms with Crippen molar-refractivity contribution in [1.82, 2.24) is 5.32 Å². The highest BCUT2D eigenvalue weighted by molar-refractivity contribution is 5.86. The molecule has 1 aliphatic rings. The van der Waals surface area contributed by atoms with E-state index < -0.39 is 11.8 Å². The number of nitrogens with one attached hydrogen (secondary N) is 1. The first-order valence-corrected chi connectivity index (χ1v) is 5.38. The van der Waals surface area contributed by atoms with Crippen molar-refractivity contribution in [1.29, 1.82) is 0 Å². The Labute approximate surface area is 100 Å². The monoisotopic (exact) mass is 239 g/mol. The maximum absolute atomic E-state index is 11.0. The van der Waals surface area contributed by atoms with Crippen LogP contribution in [0.3, 0.4) is 0 Å². The molecule has 0 spiro atoms. The molecule has 0 radical (unpaired) electrons. The minimum absolute atomic E-state index is 0.221. The molecule has 17 heavy (non-hydrogen) atoms. The molecular weight excluding hydrogens is 222 g/mol. The molecule has 1 heterocycles. The third-order valence-electron chi connectivity index (χ3n) is 2.44. The Morgan fingerprint density at radius 1 is 1.53 bits per heavy atom. The van der Waals surface area contributed by atoms with Crippen LogP contribution in [0, 0.1) is 0 Å². The Balaban J connectivity index is 2.61. The molecule has 0 bridgehead atoms. The molecule has 1 aliphatic heterocycles. The molecule has 0 aromatic heterocycles. The topological polar surface area (TPSA) is 64.6 Å². The smallest absolute Gasteiger partial charge is 0.420 e. The average Bonchev–Trinajstić information content (AvgIpc) is 2.51. The van der Waals surface area contributed by atoms with Crippen LogP contribution >= 0.6 is 0 Å². The number of carbonyl (C=O) groups is 2. The summed E-state index contributed by atoms with van der Waals surface area (Å²) in [6, 6.07) is 0. The molecule has 0 saturated carbocycles. The van der Waals surface area contributed by atoms with Crippen molar-refractivity contribution in [3.05, 3.63) is 24.0 Å². The molecule has 94 valence electrons. The van der Waals surface area contributed by atoms with E-state index in [-0.39, 0.29) is 5.91 Å². The van der Waals surface area contributed by atoms with Gasteiger partial charge in [-0.05, 0) is 38.8 Å². The Bertz CT molecular complexity index is 382.